The van der Waals surface area contributed by atoms with Crippen molar-refractivity contribution in [3.8, 4) is 0 Å². The molecule has 0 bridgehead atoms. The van der Waals surface area contributed by atoms with Crippen LogP contribution < -0.4 is 0 Å². The first-order chi connectivity index (χ1) is 11.9. The van der Waals surface area contributed by atoms with Crippen molar-refractivity contribution in [3.63, 3.8) is 0 Å². The fourth-order valence-corrected chi connectivity index (χ4v) is 4.92. The van der Waals surface area contributed by atoms with Crippen molar-refractivity contribution in [2.75, 3.05) is 11.5 Å². The fourth-order valence-electron chi connectivity index (χ4n) is 3.19. The number of aryl methyl sites for hydroxylation is 1. The zero-order chi connectivity index (χ0) is 18.0. The first kappa shape index (κ1) is 17.6. The fraction of sp³-hybridized carbons (Fsp3) is 0.316. The lowest BCUT2D eigenvalue weighted by molar-refractivity contribution is 0.0680. The largest absolute Gasteiger partial charge is 0.330 e. The molecule has 6 heteroatoms. The number of hydrogen-bond acceptors (Lipinski definition) is 3. The first-order valence-corrected chi connectivity index (χ1v) is 9.99. The standard InChI is InChI=1S/C19H20FNO3S/c1-14-5-2-3-8-18(14)19(22)21(17-9-10-25(23,24)13-17)12-15-6-4-7-16(20)11-15/h2-8,11,17H,9-10,12-13H2,1H3/t17-/m0/s1. The number of carbonyl (C=O) groups excluding carboxylic acids is 1. The van der Waals surface area contributed by atoms with Gasteiger partial charge in [-0.1, -0.05) is 30.3 Å². The number of rotatable bonds is 4. The SMILES string of the molecule is Cc1ccccc1C(=O)N(Cc1cccc(F)c1)[C@H]1CCS(=O)(=O)C1. The number of halogens is 1. The van der Waals surface area contributed by atoms with Crippen LogP contribution >= 0.6 is 0 Å². The zero-order valence-corrected chi connectivity index (χ0v) is 14.8. The Labute approximate surface area is 147 Å². The smallest absolute Gasteiger partial charge is 0.254 e. The van der Waals surface area contributed by atoms with Crippen molar-refractivity contribution in [2.45, 2.75) is 25.9 Å². The minimum Gasteiger partial charge on any atom is -0.330 e. The Morgan fingerprint density at radius 2 is 1.96 bits per heavy atom. The van der Waals surface area contributed by atoms with E-state index in [1.54, 1.807) is 29.2 Å². The van der Waals surface area contributed by atoms with Crippen LogP contribution in [-0.2, 0) is 16.4 Å². The van der Waals surface area contributed by atoms with Crippen LogP contribution in [0.2, 0.25) is 0 Å². The van der Waals surface area contributed by atoms with Gasteiger partial charge in [0.25, 0.3) is 5.91 Å². The van der Waals surface area contributed by atoms with Crippen LogP contribution in [0.15, 0.2) is 48.5 Å². The van der Waals surface area contributed by atoms with E-state index in [1.807, 2.05) is 19.1 Å². The number of amides is 1. The quantitative estimate of drug-likeness (QED) is 0.841. The molecule has 0 spiro atoms. The lowest BCUT2D eigenvalue weighted by atomic mass is 10.1. The van der Waals surface area contributed by atoms with E-state index in [4.69, 9.17) is 0 Å². The Balaban J connectivity index is 1.94. The molecule has 25 heavy (non-hydrogen) atoms. The normalized spacial score (nSPS) is 18.9. The molecule has 1 atom stereocenters. The van der Waals surface area contributed by atoms with Crippen LogP contribution in [0.4, 0.5) is 4.39 Å². The third-order valence-electron chi connectivity index (χ3n) is 4.53. The van der Waals surface area contributed by atoms with Crippen molar-refractivity contribution in [1.82, 2.24) is 4.90 Å². The van der Waals surface area contributed by atoms with Gasteiger partial charge < -0.3 is 4.90 Å². The number of sulfone groups is 1. The summed E-state index contributed by atoms with van der Waals surface area (Å²) in [6, 6.07) is 12.9. The second-order valence-electron chi connectivity index (χ2n) is 6.43. The summed E-state index contributed by atoms with van der Waals surface area (Å²) in [5.41, 5.74) is 2.02. The first-order valence-electron chi connectivity index (χ1n) is 8.17. The minimum atomic E-state index is -3.13. The van der Waals surface area contributed by atoms with E-state index in [0.717, 1.165) is 5.56 Å². The molecule has 0 aromatic heterocycles. The summed E-state index contributed by atoms with van der Waals surface area (Å²) in [5, 5.41) is 0. The van der Waals surface area contributed by atoms with Gasteiger partial charge in [-0.15, -0.1) is 0 Å². The van der Waals surface area contributed by atoms with Crippen LogP contribution in [-0.4, -0.2) is 36.8 Å². The molecule has 1 aliphatic heterocycles. The monoisotopic (exact) mass is 361 g/mol. The van der Waals surface area contributed by atoms with Crippen LogP contribution in [0.1, 0.15) is 27.9 Å². The summed E-state index contributed by atoms with van der Waals surface area (Å²) in [6.45, 7) is 2.03. The summed E-state index contributed by atoms with van der Waals surface area (Å²) >= 11 is 0. The van der Waals surface area contributed by atoms with E-state index in [0.29, 0.717) is 17.5 Å². The number of benzene rings is 2. The lowest BCUT2D eigenvalue weighted by Gasteiger charge is -2.29. The average molecular weight is 361 g/mol. The third-order valence-corrected chi connectivity index (χ3v) is 6.28. The summed E-state index contributed by atoms with van der Waals surface area (Å²) in [6.07, 6.45) is 0.412. The molecule has 2 aromatic rings. The summed E-state index contributed by atoms with van der Waals surface area (Å²) in [4.78, 5) is 14.7. The van der Waals surface area contributed by atoms with E-state index in [9.17, 15) is 17.6 Å². The Bertz CT molecular complexity index is 895. The maximum absolute atomic E-state index is 13.5. The average Bonchev–Trinajstić information content (AvgIpc) is 2.92. The second kappa shape index (κ2) is 6.96. The molecular formula is C19H20FNO3S. The van der Waals surface area contributed by atoms with Crippen LogP contribution in [0.5, 0.6) is 0 Å². The van der Waals surface area contributed by atoms with E-state index in [-0.39, 0.29) is 35.8 Å². The van der Waals surface area contributed by atoms with E-state index in [1.165, 1.54) is 12.1 Å². The minimum absolute atomic E-state index is 0.0417. The lowest BCUT2D eigenvalue weighted by Crippen LogP contribution is -2.41. The van der Waals surface area contributed by atoms with E-state index >= 15 is 0 Å². The van der Waals surface area contributed by atoms with E-state index < -0.39 is 9.84 Å². The summed E-state index contributed by atoms with van der Waals surface area (Å²) < 4.78 is 37.3. The molecule has 1 aliphatic rings. The Morgan fingerprint density at radius 3 is 2.60 bits per heavy atom. The predicted molar refractivity (Wildman–Crippen MR) is 94.5 cm³/mol. The highest BCUT2D eigenvalue weighted by molar-refractivity contribution is 7.91. The van der Waals surface area contributed by atoms with Gasteiger partial charge in [-0.2, -0.15) is 0 Å². The number of carbonyl (C=O) groups is 1. The summed E-state index contributed by atoms with van der Waals surface area (Å²) in [5.74, 6) is -0.553. The molecule has 132 valence electrons. The number of hydrogen-bond donors (Lipinski definition) is 0. The van der Waals surface area contributed by atoms with Gasteiger partial charge in [0.1, 0.15) is 5.82 Å². The highest BCUT2D eigenvalue weighted by Gasteiger charge is 2.35. The van der Waals surface area contributed by atoms with Gasteiger partial charge in [0.2, 0.25) is 0 Å². The van der Waals surface area contributed by atoms with Gasteiger partial charge in [-0.3, -0.25) is 4.79 Å². The molecule has 0 aliphatic carbocycles. The molecule has 0 N–H and O–H groups in total. The highest BCUT2D eigenvalue weighted by Crippen LogP contribution is 2.23. The van der Waals surface area contributed by atoms with Gasteiger partial charge in [-0.25, -0.2) is 12.8 Å². The molecule has 0 radical (unpaired) electrons. The third kappa shape index (κ3) is 4.07. The molecular weight excluding hydrogens is 341 g/mol. The molecule has 2 aromatic carbocycles. The molecule has 3 rings (SSSR count). The van der Waals surface area contributed by atoms with E-state index in [2.05, 4.69) is 0 Å². The van der Waals surface area contributed by atoms with Gasteiger partial charge in [0.15, 0.2) is 9.84 Å². The van der Waals surface area contributed by atoms with Crippen molar-refractivity contribution in [3.05, 3.63) is 71.0 Å². The maximum Gasteiger partial charge on any atom is 0.254 e. The van der Waals surface area contributed by atoms with Crippen molar-refractivity contribution >= 4 is 15.7 Å². The van der Waals surface area contributed by atoms with Crippen molar-refractivity contribution in [2.24, 2.45) is 0 Å². The number of nitrogens with zero attached hydrogens (tertiary/aromatic N) is 1. The molecule has 0 unspecified atom stereocenters. The molecule has 1 saturated heterocycles. The second-order valence-corrected chi connectivity index (χ2v) is 8.66. The van der Waals surface area contributed by atoms with Crippen LogP contribution in [0.3, 0.4) is 0 Å². The van der Waals surface area contributed by atoms with Crippen LogP contribution in [0.25, 0.3) is 0 Å². The highest BCUT2D eigenvalue weighted by atomic mass is 32.2. The van der Waals surface area contributed by atoms with Gasteiger partial charge in [-0.05, 0) is 42.7 Å². The van der Waals surface area contributed by atoms with Crippen LogP contribution in [0, 0.1) is 12.7 Å². The predicted octanol–water partition coefficient (Wildman–Crippen LogP) is 2.96. The molecule has 4 nitrogen and oxygen atoms in total. The maximum atomic E-state index is 13.5. The summed E-state index contributed by atoms with van der Waals surface area (Å²) in [7, 11) is -3.13. The molecule has 0 saturated carbocycles. The Kier molecular flexibility index (Phi) is 4.90. The molecule has 1 fully saturated rings. The molecule has 1 amide bonds. The Hall–Kier alpha value is -2.21. The van der Waals surface area contributed by atoms with Gasteiger partial charge >= 0.3 is 0 Å². The van der Waals surface area contributed by atoms with Crippen molar-refractivity contribution in [1.29, 1.82) is 0 Å². The Morgan fingerprint density at radius 1 is 1.20 bits per heavy atom. The van der Waals surface area contributed by atoms with Gasteiger partial charge in [0.05, 0.1) is 11.5 Å². The van der Waals surface area contributed by atoms with Gasteiger partial charge in [0, 0.05) is 18.2 Å². The topological polar surface area (TPSA) is 54.5 Å². The zero-order valence-electron chi connectivity index (χ0n) is 14.0. The molecule has 1 heterocycles. The van der Waals surface area contributed by atoms with Crippen molar-refractivity contribution < 1.29 is 17.6 Å².